The first-order valence-electron chi connectivity index (χ1n) is 6.14. The van der Waals surface area contributed by atoms with Crippen LogP contribution in [0, 0.1) is 18.3 Å². The van der Waals surface area contributed by atoms with Gasteiger partial charge in [-0.25, -0.2) is 0 Å². The average Bonchev–Trinajstić information content (AvgIpc) is 2.16. The Balaban J connectivity index is 2.16. The molecule has 1 radical (unpaired) electrons. The molecule has 0 N–H and O–H groups in total. The van der Waals surface area contributed by atoms with E-state index in [1.807, 2.05) is 0 Å². The summed E-state index contributed by atoms with van der Waals surface area (Å²) in [6.45, 7) is 4.51. The first-order valence-corrected chi connectivity index (χ1v) is 6.14. The lowest BCUT2D eigenvalue weighted by molar-refractivity contribution is 0.243. The van der Waals surface area contributed by atoms with Gasteiger partial charge in [0, 0.05) is 0 Å². The first kappa shape index (κ1) is 11.1. The van der Waals surface area contributed by atoms with Crippen LogP contribution < -0.4 is 0 Å². The van der Waals surface area contributed by atoms with Gasteiger partial charge in [0.1, 0.15) is 0 Å². The standard InChI is InChI=1S/C13H25/c1-3-5-8-13-10-6-9-12(11-13)7-4-2/h3,12-13H,4-11H2,1-2H3. The highest BCUT2D eigenvalue weighted by Gasteiger charge is 2.20. The fourth-order valence-electron chi connectivity index (χ4n) is 2.74. The van der Waals surface area contributed by atoms with Gasteiger partial charge < -0.3 is 0 Å². The highest BCUT2D eigenvalue weighted by atomic mass is 14.3. The Labute approximate surface area is 84.1 Å². The molecule has 2 unspecified atom stereocenters. The van der Waals surface area contributed by atoms with Crippen molar-refractivity contribution in [3.63, 3.8) is 0 Å². The molecule has 0 heterocycles. The van der Waals surface area contributed by atoms with Gasteiger partial charge in [-0.1, -0.05) is 58.8 Å². The van der Waals surface area contributed by atoms with Gasteiger partial charge in [0.15, 0.2) is 0 Å². The van der Waals surface area contributed by atoms with E-state index in [2.05, 4.69) is 20.3 Å². The second-order valence-electron chi connectivity index (χ2n) is 4.67. The van der Waals surface area contributed by atoms with Crippen molar-refractivity contribution in [1.82, 2.24) is 0 Å². The van der Waals surface area contributed by atoms with E-state index < -0.39 is 0 Å². The van der Waals surface area contributed by atoms with Crippen molar-refractivity contribution in [2.75, 3.05) is 0 Å². The minimum atomic E-state index is 1.06. The van der Waals surface area contributed by atoms with Crippen LogP contribution in [0.3, 0.4) is 0 Å². The average molecular weight is 181 g/mol. The predicted molar refractivity (Wildman–Crippen MR) is 59.6 cm³/mol. The van der Waals surface area contributed by atoms with Crippen molar-refractivity contribution in [3.05, 3.63) is 6.42 Å². The fraction of sp³-hybridized carbons (Fsp3) is 0.923. The van der Waals surface area contributed by atoms with E-state index in [-0.39, 0.29) is 0 Å². The van der Waals surface area contributed by atoms with E-state index >= 15 is 0 Å². The Kier molecular flexibility index (Phi) is 5.50. The van der Waals surface area contributed by atoms with Gasteiger partial charge in [0.05, 0.1) is 0 Å². The van der Waals surface area contributed by atoms with Gasteiger partial charge in [0.25, 0.3) is 0 Å². The smallest absolute Gasteiger partial charge is 0.0412 e. The Bertz CT molecular complexity index is 115. The molecule has 0 aromatic carbocycles. The highest BCUT2D eigenvalue weighted by molar-refractivity contribution is 4.74. The topological polar surface area (TPSA) is 0 Å². The molecule has 0 heteroatoms. The van der Waals surface area contributed by atoms with Gasteiger partial charge in [-0.3, -0.25) is 0 Å². The lowest BCUT2D eigenvalue weighted by Crippen LogP contribution is -2.15. The maximum atomic E-state index is 2.32. The van der Waals surface area contributed by atoms with Crippen molar-refractivity contribution in [2.45, 2.75) is 65.2 Å². The third-order valence-electron chi connectivity index (χ3n) is 3.45. The highest BCUT2D eigenvalue weighted by Crippen LogP contribution is 2.34. The zero-order valence-corrected chi connectivity index (χ0v) is 9.39. The molecule has 1 aliphatic carbocycles. The van der Waals surface area contributed by atoms with Crippen LogP contribution in [0.15, 0.2) is 0 Å². The molecular weight excluding hydrogens is 156 g/mol. The van der Waals surface area contributed by atoms with Crippen LogP contribution in [-0.2, 0) is 0 Å². The van der Waals surface area contributed by atoms with Crippen LogP contribution in [0.4, 0.5) is 0 Å². The van der Waals surface area contributed by atoms with Crippen LogP contribution in [0.2, 0.25) is 0 Å². The predicted octanol–water partition coefficient (Wildman–Crippen LogP) is 4.60. The van der Waals surface area contributed by atoms with E-state index in [1.54, 1.807) is 0 Å². The quantitative estimate of drug-likeness (QED) is 0.581. The van der Waals surface area contributed by atoms with Crippen LogP contribution in [0.1, 0.15) is 65.2 Å². The number of rotatable bonds is 5. The first-order chi connectivity index (χ1) is 6.36. The molecule has 1 saturated carbocycles. The van der Waals surface area contributed by atoms with Crippen molar-refractivity contribution < 1.29 is 0 Å². The van der Waals surface area contributed by atoms with E-state index in [0.717, 1.165) is 11.8 Å². The van der Waals surface area contributed by atoms with Gasteiger partial charge in [0.2, 0.25) is 0 Å². The van der Waals surface area contributed by atoms with Crippen molar-refractivity contribution >= 4 is 0 Å². The maximum Gasteiger partial charge on any atom is -0.0412 e. The zero-order valence-electron chi connectivity index (χ0n) is 9.39. The minimum absolute atomic E-state index is 1.06. The second-order valence-corrected chi connectivity index (χ2v) is 4.67. The second kappa shape index (κ2) is 6.45. The van der Waals surface area contributed by atoms with Crippen LogP contribution in [0.25, 0.3) is 0 Å². The molecule has 0 bridgehead atoms. The minimum Gasteiger partial charge on any atom is -0.0654 e. The normalized spacial score (nSPS) is 29.1. The Morgan fingerprint density at radius 1 is 1.15 bits per heavy atom. The summed E-state index contributed by atoms with van der Waals surface area (Å²) >= 11 is 0. The molecule has 1 aliphatic rings. The Morgan fingerprint density at radius 2 is 1.85 bits per heavy atom. The Hall–Kier alpha value is 0. The van der Waals surface area contributed by atoms with Crippen LogP contribution >= 0.6 is 0 Å². The van der Waals surface area contributed by atoms with E-state index in [9.17, 15) is 0 Å². The number of hydrogen-bond acceptors (Lipinski definition) is 0. The zero-order chi connectivity index (χ0) is 9.52. The van der Waals surface area contributed by atoms with Gasteiger partial charge >= 0.3 is 0 Å². The molecule has 2 atom stereocenters. The molecule has 1 rings (SSSR count). The monoisotopic (exact) mass is 181 g/mol. The van der Waals surface area contributed by atoms with E-state index in [0.29, 0.717) is 0 Å². The summed E-state index contributed by atoms with van der Waals surface area (Å²) in [5.41, 5.74) is 0. The molecule has 1 fully saturated rings. The summed E-state index contributed by atoms with van der Waals surface area (Å²) < 4.78 is 0. The van der Waals surface area contributed by atoms with E-state index in [4.69, 9.17) is 0 Å². The molecule has 0 aromatic rings. The van der Waals surface area contributed by atoms with Gasteiger partial charge in [-0.05, 0) is 24.7 Å². The SMILES string of the molecule is C[CH]CCC1CCCC(CCC)C1. The molecule has 0 aliphatic heterocycles. The molecular formula is C13H25. The maximum absolute atomic E-state index is 2.32. The number of hydrogen-bond donors (Lipinski definition) is 0. The molecule has 0 saturated heterocycles. The van der Waals surface area contributed by atoms with Crippen molar-refractivity contribution in [3.8, 4) is 0 Å². The van der Waals surface area contributed by atoms with Gasteiger partial charge in [-0.15, -0.1) is 0 Å². The summed E-state index contributed by atoms with van der Waals surface area (Å²) in [6, 6.07) is 0. The van der Waals surface area contributed by atoms with Gasteiger partial charge in [-0.2, -0.15) is 0 Å². The summed E-state index contributed by atoms with van der Waals surface area (Å²) in [7, 11) is 0. The largest absolute Gasteiger partial charge is 0.0654 e. The molecule has 0 aromatic heterocycles. The third-order valence-corrected chi connectivity index (χ3v) is 3.45. The molecule has 0 nitrogen and oxygen atoms in total. The lowest BCUT2D eigenvalue weighted by Gasteiger charge is -2.28. The molecule has 77 valence electrons. The third kappa shape index (κ3) is 4.15. The molecule has 0 spiro atoms. The molecule has 13 heavy (non-hydrogen) atoms. The summed E-state index contributed by atoms with van der Waals surface area (Å²) in [6.07, 6.45) is 14.0. The van der Waals surface area contributed by atoms with Crippen molar-refractivity contribution in [1.29, 1.82) is 0 Å². The van der Waals surface area contributed by atoms with Crippen molar-refractivity contribution in [2.24, 2.45) is 11.8 Å². The summed E-state index contributed by atoms with van der Waals surface area (Å²) in [5.74, 6) is 2.13. The van der Waals surface area contributed by atoms with Crippen LogP contribution in [0.5, 0.6) is 0 Å². The lowest BCUT2D eigenvalue weighted by atomic mass is 9.77. The summed E-state index contributed by atoms with van der Waals surface area (Å²) in [4.78, 5) is 0. The van der Waals surface area contributed by atoms with E-state index in [1.165, 1.54) is 51.4 Å². The Morgan fingerprint density at radius 3 is 2.46 bits per heavy atom. The number of unbranched alkanes of at least 4 members (excludes halogenated alkanes) is 1. The van der Waals surface area contributed by atoms with Crippen LogP contribution in [-0.4, -0.2) is 0 Å². The molecule has 0 amide bonds. The summed E-state index contributed by atoms with van der Waals surface area (Å²) in [5, 5.41) is 0. The fourth-order valence-corrected chi connectivity index (χ4v) is 2.74.